The molecule has 3 rings (SSSR count). The molecule has 1 N–H and O–H groups in total. The number of carbonyl (C=O) groups excluding carboxylic acids is 2. The van der Waals surface area contributed by atoms with Crippen LogP contribution in [0.25, 0.3) is 0 Å². The lowest BCUT2D eigenvalue weighted by molar-refractivity contribution is -0.117. The summed E-state index contributed by atoms with van der Waals surface area (Å²) < 4.78 is 5.14. The van der Waals surface area contributed by atoms with Crippen molar-refractivity contribution in [1.29, 1.82) is 0 Å². The fourth-order valence-electron chi connectivity index (χ4n) is 3.47. The zero-order valence-electron chi connectivity index (χ0n) is 14.3. The highest BCUT2D eigenvalue weighted by Gasteiger charge is 2.33. The number of methoxy groups -OCH3 is 1. The second kappa shape index (κ2) is 7.11. The highest BCUT2D eigenvalue weighted by molar-refractivity contribution is 5.96. The van der Waals surface area contributed by atoms with Gasteiger partial charge in [-0.1, -0.05) is 0 Å². The van der Waals surface area contributed by atoms with Crippen LogP contribution in [0.5, 0.6) is 5.75 Å². The van der Waals surface area contributed by atoms with Crippen molar-refractivity contribution in [3.8, 4) is 5.75 Å². The van der Waals surface area contributed by atoms with Crippen molar-refractivity contribution in [2.24, 2.45) is 0 Å². The highest BCUT2D eigenvalue weighted by atomic mass is 16.5. The molecule has 2 aliphatic heterocycles. The molecule has 6 heteroatoms. The maximum absolute atomic E-state index is 12.5. The van der Waals surface area contributed by atoms with Crippen LogP contribution >= 0.6 is 0 Å². The summed E-state index contributed by atoms with van der Waals surface area (Å²) in [6, 6.07) is 7.50. The van der Waals surface area contributed by atoms with Crippen molar-refractivity contribution >= 4 is 17.6 Å². The van der Waals surface area contributed by atoms with Crippen molar-refractivity contribution in [1.82, 2.24) is 10.2 Å². The van der Waals surface area contributed by atoms with Crippen LogP contribution in [0.4, 0.5) is 10.5 Å². The molecule has 0 bridgehead atoms. The van der Waals surface area contributed by atoms with Crippen LogP contribution in [0.3, 0.4) is 0 Å². The molecule has 2 aliphatic rings. The van der Waals surface area contributed by atoms with E-state index in [9.17, 15) is 9.59 Å². The average molecular weight is 331 g/mol. The number of carbonyl (C=O) groups is 2. The summed E-state index contributed by atoms with van der Waals surface area (Å²) in [4.78, 5) is 28.4. The maximum atomic E-state index is 12.5. The second-order valence-electron chi connectivity index (χ2n) is 6.59. The number of amides is 3. The van der Waals surface area contributed by atoms with Crippen LogP contribution in [-0.2, 0) is 4.79 Å². The minimum Gasteiger partial charge on any atom is -0.497 e. The van der Waals surface area contributed by atoms with Crippen LogP contribution in [0.1, 0.15) is 32.6 Å². The average Bonchev–Trinajstić information content (AvgIpc) is 2.95. The number of piperidine rings is 1. The van der Waals surface area contributed by atoms with Crippen molar-refractivity contribution in [3.05, 3.63) is 24.3 Å². The molecular formula is C18H25N3O3. The summed E-state index contributed by atoms with van der Waals surface area (Å²) in [5.74, 6) is 0.798. The van der Waals surface area contributed by atoms with Gasteiger partial charge in [-0.05, 0) is 50.5 Å². The molecule has 3 amide bonds. The Hall–Kier alpha value is -2.24. The lowest BCUT2D eigenvalue weighted by Crippen LogP contribution is -2.50. The van der Waals surface area contributed by atoms with Crippen LogP contribution in [0, 0.1) is 0 Å². The van der Waals surface area contributed by atoms with E-state index >= 15 is 0 Å². The van der Waals surface area contributed by atoms with Crippen molar-refractivity contribution in [3.63, 3.8) is 0 Å². The molecular weight excluding hydrogens is 306 g/mol. The van der Waals surface area contributed by atoms with Gasteiger partial charge in [-0.15, -0.1) is 0 Å². The van der Waals surface area contributed by atoms with Crippen LogP contribution < -0.4 is 15.0 Å². The summed E-state index contributed by atoms with van der Waals surface area (Å²) >= 11 is 0. The second-order valence-corrected chi connectivity index (χ2v) is 6.59. The minimum absolute atomic E-state index is 0.0390. The van der Waals surface area contributed by atoms with Gasteiger partial charge in [0.25, 0.3) is 0 Å². The number of benzene rings is 1. The van der Waals surface area contributed by atoms with Gasteiger partial charge in [0.2, 0.25) is 5.91 Å². The molecule has 1 aromatic rings. The molecule has 2 fully saturated rings. The Morgan fingerprint density at radius 3 is 2.67 bits per heavy atom. The fraction of sp³-hybridized carbons (Fsp3) is 0.556. The summed E-state index contributed by atoms with van der Waals surface area (Å²) in [5, 5.41) is 3.03. The number of nitrogens with zero attached hydrogens (tertiary/aromatic N) is 2. The zero-order valence-corrected chi connectivity index (χ0v) is 14.3. The number of nitrogens with one attached hydrogen (secondary N) is 1. The Labute approximate surface area is 142 Å². The molecule has 6 nitrogen and oxygen atoms in total. The molecule has 0 spiro atoms. The Bertz CT molecular complexity index is 602. The van der Waals surface area contributed by atoms with E-state index in [0.29, 0.717) is 13.0 Å². The lowest BCUT2D eigenvalue weighted by Gasteiger charge is -2.34. The van der Waals surface area contributed by atoms with Gasteiger partial charge >= 0.3 is 6.03 Å². The van der Waals surface area contributed by atoms with E-state index in [0.717, 1.165) is 30.8 Å². The van der Waals surface area contributed by atoms with Crippen LogP contribution in [0.2, 0.25) is 0 Å². The normalized spacial score (nSPS) is 24.2. The van der Waals surface area contributed by atoms with E-state index < -0.39 is 0 Å². The number of urea groups is 1. The van der Waals surface area contributed by atoms with E-state index in [1.807, 2.05) is 29.2 Å². The number of rotatable bonds is 3. The van der Waals surface area contributed by atoms with Gasteiger partial charge in [0.15, 0.2) is 0 Å². The van der Waals surface area contributed by atoms with Gasteiger partial charge in [-0.2, -0.15) is 0 Å². The fourth-order valence-corrected chi connectivity index (χ4v) is 3.47. The first-order valence-electron chi connectivity index (χ1n) is 8.60. The summed E-state index contributed by atoms with van der Waals surface area (Å²) in [7, 11) is 1.61. The highest BCUT2D eigenvalue weighted by Crippen LogP contribution is 2.24. The molecule has 0 saturated carbocycles. The predicted octanol–water partition coefficient (Wildman–Crippen LogP) is 2.38. The maximum Gasteiger partial charge on any atom is 0.317 e. The van der Waals surface area contributed by atoms with E-state index in [1.54, 1.807) is 12.0 Å². The summed E-state index contributed by atoms with van der Waals surface area (Å²) in [6.45, 7) is 3.40. The van der Waals surface area contributed by atoms with Crippen molar-refractivity contribution < 1.29 is 14.3 Å². The Morgan fingerprint density at radius 2 is 2.00 bits per heavy atom. The smallest absolute Gasteiger partial charge is 0.317 e. The molecule has 130 valence electrons. The predicted molar refractivity (Wildman–Crippen MR) is 92.3 cm³/mol. The molecule has 0 aromatic heterocycles. The molecule has 1 aromatic carbocycles. The van der Waals surface area contributed by atoms with Crippen molar-refractivity contribution in [2.75, 3.05) is 25.1 Å². The third-order valence-electron chi connectivity index (χ3n) is 4.90. The molecule has 0 aliphatic carbocycles. The topological polar surface area (TPSA) is 61.9 Å². The summed E-state index contributed by atoms with van der Waals surface area (Å²) in [5.41, 5.74) is 0.837. The van der Waals surface area contributed by atoms with Gasteiger partial charge in [-0.25, -0.2) is 4.79 Å². The molecule has 2 heterocycles. The molecule has 2 atom stereocenters. The number of hydrogen-bond acceptors (Lipinski definition) is 3. The van der Waals surface area contributed by atoms with Crippen LogP contribution in [0.15, 0.2) is 24.3 Å². The first kappa shape index (κ1) is 16.6. The first-order chi connectivity index (χ1) is 11.6. The quantitative estimate of drug-likeness (QED) is 0.925. The number of anilines is 1. The summed E-state index contributed by atoms with van der Waals surface area (Å²) in [6.07, 6.45) is 3.63. The monoisotopic (exact) mass is 331 g/mol. The standard InChI is InChI=1S/C18H25N3O3/c1-13-5-3-4-10-20(13)18(23)19-14-11-17(22)21(12-14)15-6-8-16(24-2)9-7-15/h6-9,13-14H,3-5,10-12H2,1-2H3,(H,19,23)/t13-,14-/m1/s1. The zero-order chi connectivity index (χ0) is 17.1. The third-order valence-corrected chi connectivity index (χ3v) is 4.90. The van der Waals surface area contributed by atoms with Gasteiger partial charge in [0.05, 0.1) is 13.2 Å². The third kappa shape index (κ3) is 3.47. The minimum atomic E-state index is -0.138. The SMILES string of the molecule is COc1ccc(N2C[C@H](NC(=O)N3CCCC[C@H]3C)CC2=O)cc1. The molecule has 24 heavy (non-hydrogen) atoms. The molecule has 2 saturated heterocycles. The van der Waals surface area contributed by atoms with Crippen molar-refractivity contribution in [2.45, 2.75) is 44.7 Å². The van der Waals surface area contributed by atoms with E-state index in [2.05, 4.69) is 12.2 Å². The first-order valence-corrected chi connectivity index (χ1v) is 8.60. The van der Waals surface area contributed by atoms with E-state index in [1.165, 1.54) is 6.42 Å². The van der Waals surface area contributed by atoms with Gasteiger partial charge in [0.1, 0.15) is 5.75 Å². The van der Waals surface area contributed by atoms with Gasteiger partial charge < -0.3 is 19.9 Å². The lowest BCUT2D eigenvalue weighted by atomic mass is 10.0. The van der Waals surface area contributed by atoms with Gasteiger partial charge in [0, 0.05) is 31.2 Å². The number of likely N-dealkylation sites (tertiary alicyclic amines) is 1. The van der Waals surface area contributed by atoms with E-state index in [4.69, 9.17) is 4.74 Å². The van der Waals surface area contributed by atoms with Gasteiger partial charge in [-0.3, -0.25) is 4.79 Å². The molecule has 0 radical (unpaired) electrons. The van der Waals surface area contributed by atoms with Crippen LogP contribution in [-0.4, -0.2) is 49.1 Å². The Morgan fingerprint density at radius 1 is 1.25 bits per heavy atom. The van der Waals surface area contributed by atoms with E-state index in [-0.39, 0.29) is 24.0 Å². The molecule has 0 unspecified atom stereocenters. The largest absolute Gasteiger partial charge is 0.497 e. The Balaban J connectivity index is 1.60. The Kier molecular flexibility index (Phi) is 4.92. The number of ether oxygens (including phenoxy) is 1. The number of hydrogen-bond donors (Lipinski definition) is 1.